The number of nitrogens with one attached hydrogen (secondary N) is 2. The van der Waals surface area contributed by atoms with Crippen LogP contribution in [-0.2, 0) is 6.42 Å². The molecular weight excluding hydrogens is 238 g/mol. The third-order valence-electron chi connectivity index (χ3n) is 2.59. The summed E-state index contributed by atoms with van der Waals surface area (Å²) in [5, 5.41) is 15.0. The van der Waals surface area contributed by atoms with Crippen LogP contribution in [0.3, 0.4) is 0 Å². The van der Waals surface area contributed by atoms with E-state index in [1.54, 1.807) is 18.3 Å². The quantitative estimate of drug-likeness (QED) is 0.850. The average Bonchev–Trinajstić information content (AvgIpc) is 2.46. The molecule has 0 aliphatic rings. The van der Waals surface area contributed by atoms with E-state index < -0.39 is 0 Å². The molecule has 0 amide bonds. The van der Waals surface area contributed by atoms with Crippen LogP contribution in [0.5, 0.6) is 0 Å². The molecule has 2 aromatic rings. The summed E-state index contributed by atoms with van der Waals surface area (Å²) < 4.78 is 0. The van der Waals surface area contributed by atoms with Crippen LogP contribution >= 0.6 is 0 Å². The molecule has 2 N–H and O–H groups in total. The van der Waals surface area contributed by atoms with Crippen LogP contribution < -0.4 is 10.6 Å². The van der Waals surface area contributed by atoms with Gasteiger partial charge in [-0.2, -0.15) is 5.26 Å². The van der Waals surface area contributed by atoms with E-state index in [0.717, 1.165) is 30.3 Å². The maximum Gasteiger partial charge on any atom is 0.134 e. The van der Waals surface area contributed by atoms with E-state index in [-0.39, 0.29) is 0 Å². The van der Waals surface area contributed by atoms with Gasteiger partial charge in [-0.1, -0.05) is 0 Å². The third kappa shape index (κ3) is 3.76. The minimum atomic E-state index is 0.642. The van der Waals surface area contributed by atoms with E-state index >= 15 is 0 Å². The van der Waals surface area contributed by atoms with Crippen LogP contribution in [0.4, 0.5) is 11.5 Å². The average molecular weight is 253 g/mol. The van der Waals surface area contributed by atoms with E-state index in [2.05, 4.69) is 26.7 Å². The highest BCUT2D eigenvalue weighted by atomic mass is 15.0. The van der Waals surface area contributed by atoms with Crippen LogP contribution in [0.2, 0.25) is 0 Å². The lowest BCUT2D eigenvalue weighted by atomic mass is 10.2. The zero-order valence-electron chi connectivity index (χ0n) is 10.7. The highest BCUT2D eigenvalue weighted by Crippen LogP contribution is 2.14. The lowest BCUT2D eigenvalue weighted by molar-refractivity contribution is 0.756. The van der Waals surface area contributed by atoms with Gasteiger partial charge in [0.15, 0.2) is 0 Å². The summed E-state index contributed by atoms with van der Waals surface area (Å²) in [7, 11) is 1.90. The van der Waals surface area contributed by atoms with Crippen LogP contribution in [0.1, 0.15) is 11.4 Å². The fourth-order valence-electron chi connectivity index (χ4n) is 1.60. The zero-order chi connectivity index (χ0) is 13.5. The first-order valence-electron chi connectivity index (χ1n) is 6.05. The van der Waals surface area contributed by atoms with Crippen molar-refractivity contribution in [1.29, 1.82) is 5.26 Å². The molecule has 0 aliphatic carbocycles. The molecule has 0 saturated heterocycles. The van der Waals surface area contributed by atoms with Crippen molar-refractivity contribution in [2.45, 2.75) is 6.42 Å². The minimum absolute atomic E-state index is 0.642. The molecule has 19 heavy (non-hydrogen) atoms. The summed E-state index contributed by atoms with van der Waals surface area (Å²) in [5.74, 6) is 1.55. The maximum atomic E-state index is 8.74. The predicted octanol–water partition coefficient (Wildman–Crippen LogP) is 1.85. The molecule has 1 aromatic heterocycles. The largest absolute Gasteiger partial charge is 0.340 e. The molecule has 0 bridgehead atoms. The van der Waals surface area contributed by atoms with E-state index in [1.807, 2.05) is 25.2 Å². The topological polar surface area (TPSA) is 73.6 Å². The molecule has 1 aromatic carbocycles. The zero-order valence-corrected chi connectivity index (χ0v) is 10.7. The molecule has 5 heteroatoms. The summed E-state index contributed by atoms with van der Waals surface area (Å²) in [6, 6.07) is 11.2. The Morgan fingerprint density at radius 2 is 2.00 bits per heavy atom. The molecule has 0 atom stereocenters. The Morgan fingerprint density at radius 3 is 2.68 bits per heavy atom. The second kappa shape index (κ2) is 6.47. The van der Waals surface area contributed by atoms with E-state index in [0.29, 0.717) is 5.56 Å². The highest BCUT2D eigenvalue weighted by molar-refractivity contribution is 5.56. The Balaban J connectivity index is 2.07. The van der Waals surface area contributed by atoms with Crippen LogP contribution in [-0.4, -0.2) is 23.6 Å². The number of nitrogens with zero attached hydrogens (tertiary/aromatic N) is 3. The minimum Gasteiger partial charge on any atom is -0.340 e. The second-order valence-corrected chi connectivity index (χ2v) is 4.03. The Hall–Kier alpha value is -2.45. The number of likely N-dealkylation sites (N-methyl/N-ethyl adjacent to an activating group) is 1. The van der Waals surface area contributed by atoms with Crippen molar-refractivity contribution in [1.82, 2.24) is 15.3 Å². The van der Waals surface area contributed by atoms with Gasteiger partial charge in [-0.05, 0) is 37.4 Å². The molecule has 0 saturated carbocycles. The summed E-state index contributed by atoms with van der Waals surface area (Å²) >= 11 is 0. The van der Waals surface area contributed by atoms with Crippen molar-refractivity contribution in [3.63, 3.8) is 0 Å². The van der Waals surface area contributed by atoms with Gasteiger partial charge in [0.2, 0.25) is 0 Å². The van der Waals surface area contributed by atoms with Crippen LogP contribution in [0, 0.1) is 11.3 Å². The molecule has 2 rings (SSSR count). The number of hydrogen-bond donors (Lipinski definition) is 2. The van der Waals surface area contributed by atoms with Gasteiger partial charge in [0, 0.05) is 24.8 Å². The van der Waals surface area contributed by atoms with Gasteiger partial charge < -0.3 is 10.6 Å². The summed E-state index contributed by atoms with van der Waals surface area (Å²) in [6.45, 7) is 0.848. The molecule has 0 spiro atoms. The molecule has 96 valence electrons. The number of anilines is 2. The van der Waals surface area contributed by atoms with Gasteiger partial charge in [-0.3, -0.25) is 0 Å². The number of aromatic nitrogens is 2. The molecule has 0 radical (unpaired) electrons. The van der Waals surface area contributed by atoms with E-state index in [9.17, 15) is 0 Å². The molecule has 5 nitrogen and oxygen atoms in total. The van der Waals surface area contributed by atoms with Gasteiger partial charge in [-0.15, -0.1) is 0 Å². The lowest BCUT2D eigenvalue weighted by Gasteiger charge is -2.06. The number of benzene rings is 1. The predicted molar refractivity (Wildman–Crippen MR) is 74.1 cm³/mol. The van der Waals surface area contributed by atoms with Gasteiger partial charge >= 0.3 is 0 Å². The summed E-state index contributed by atoms with van der Waals surface area (Å²) in [4.78, 5) is 8.63. The van der Waals surface area contributed by atoms with Crippen molar-refractivity contribution >= 4 is 11.5 Å². The highest BCUT2D eigenvalue weighted by Gasteiger charge is 2.00. The van der Waals surface area contributed by atoms with Gasteiger partial charge in [0.25, 0.3) is 0 Å². The van der Waals surface area contributed by atoms with Gasteiger partial charge in [0.05, 0.1) is 11.6 Å². The number of hydrogen-bond acceptors (Lipinski definition) is 5. The van der Waals surface area contributed by atoms with Gasteiger partial charge in [-0.25, -0.2) is 9.97 Å². The van der Waals surface area contributed by atoms with Crippen molar-refractivity contribution in [2.24, 2.45) is 0 Å². The second-order valence-electron chi connectivity index (χ2n) is 4.03. The Bertz CT molecular complexity index is 571. The Morgan fingerprint density at radius 1 is 1.21 bits per heavy atom. The van der Waals surface area contributed by atoms with Crippen LogP contribution in [0.15, 0.2) is 36.5 Å². The van der Waals surface area contributed by atoms with E-state index in [4.69, 9.17) is 5.26 Å². The first kappa shape index (κ1) is 13.0. The Kier molecular flexibility index (Phi) is 4.43. The van der Waals surface area contributed by atoms with Crippen molar-refractivity contribution in [2.75, 3.05) is 18.9 Å². The normalized spacial score (nSPS) is 9.89. The van der Waals surface area contributed by atoms with Gasteiger partial charge in [0.1, 0.15) is 11.6 Å². The van der Waals surface area contributed by atoms with Crippen LogP contribution in [0.25, 0.3) is 0 Å². The Labute approximate surface area is 112 Å². The summed E-state index contributed by atoms with van der Waals surface area (Å²) in [5.41, 5.74) is 1.54. The van der Waals surface area contributed by atoms with Crippen molar-refractivity contribution in [3.8, 4) is 6.07 Å². The first-order valence-corrected chi connectivity index (χ1v) is 6.05. The molecule has 0 unspecified atom stereocenters. The molecule has 1 heterocycles. The molecular formula is C14H15N5. The fourth-order valence-corrected chi connectivity index (χ4v) is 1.60. The first-order chi connectivity index (χ1) is 9.31. The third-order valence-corrected chi connectivity index (χ3v) is 2.59. The SMILES string of the molecule is CNCCc1nccc(Nc2ccc(C#N)cc2)n1. The fraction of sp³-hybridized carbons (Fsp3) is 0.214. The molecule has 0 aliphatic heterocycles. The monoisotopic (exact) mass is 253 g/mol. The number of rotatable bonds is 5. The lowest BCUT2D eigenvalue weighted by Crippen LogP contribution is -2.12. The maximum absolute atomic E-state index is 8.74. The van der Waals surface area contributed by atoms with Crippen molar-refractivity contribution in [3.05, 3.63) is 47.9 Å². The smallest absolute Gasteiger partial charge is 0.134 e. The standard InChI is InChI=1S/C14H15N5/c1-16-8-6-13-17-9-7-14(19-13)18-12-4-2-11(10-15)3-5-12/h2-5,7,9,16H,6,8H2,1H3,(H,17,18,19). The number of nitriles is 1. The van der Waals surface area contributed by atoms with Crippen molar-refractivity contribution < 1.29 is 0 Å². The summed E-state index contributed by atoms with van der Waals surface area (Å²) in [6.07, 6.45) is 2.53. The van der Waals surface area contributed by atoms with E-state index in [1.165, 1.54) is 0 Å². The molecule has 0 fully saturated rings.